The minimum atomic E-state index is -2.41. The number of hydrogen-bond acceptors (Lipinski definition) is 0. The first-order chi connectivity index (χ1) is 9.82. The summed E-state index contributed by atoms with van der Waals surface area (Å²) in [5.74, 6) is 0. The zero-order valence-electron chi connectivity index (χ0n) is 11.4. The molecule has 110 valence electrons. The van der Waals surface area contributed by atoms with Gasteiger partial charge in [-0.1, -0.05) is 0 Å². The summed E-state index contributed by atoms with van der Waals surface area (Å²) in [6.45, 7) is -2.41. The zero-order valence-corrected chi connectivity index (χ0v) is 15.4. The summed E-state index contributed by atoms with van der Waals surface area (Å²) in [6, 6.07) is 31.3. The SMILES string of the molecule is Cl[PH](c1ccccc1)(c1ccccc1)c1ccccc1.[Pt]. The van der Waals surface area contributed by atoms with Crippen LogP contribution in [0.15, 0.2) is 91.0 Å². The average molecular weight is 494 g/mol. The van der Waals surface area contributed by atoms with E-state index in [4.69, 9.17) is 11.2 Å². The van der Waals surface area contributed by atoms with E-state index >= 15 is 0 Å². The Morgan fingerprint density at radius 2 is 0.714 bits per heavy atom. The molecule has 3 heteroatoms. The molecule has 0 spiro atoms. The first-order valence-electron chi connectivity index (χ1n) is 6.67. The van der Waals surface area contributed by atoms with Crippen molar-refractivity contribution in [2.24, 2.45) is 0 Å². The van der Waals surface area contributed by atoms with E-state index in [0.717, 1.165) is 0 Å². The molecule has 21 heavy (non-hydrogen) atoms. The number of rotatable bonds is 3. The van der Waals surface area contributed by atoms with Gasteiger partial charge in [0, 0.05) is 21.1 Å². The first-order valence-corrected chi connectivity index (χ1v) is 9.68. The predicted molar refractivity (Wildman–Crippen MR) is 92.4 cm³/mol. The van der Waals surface area contributed by atoms with Gasteiger partial charge in [-0.25, -0.2) is 0 Å². The van der Waals surface area contributed by atoms with Crippen molar-refractivity contribution < 1.29 is 21.1 Å². The second-order valence-electron chi connectivity index (χ2n) is 4.76. The molecule has 0 atom stereocenters. The van der Waals surface area contributed by atoms with Gasteiger partial charge in [0.1, 0.15) is 0 Å². The van der Waals surface area contributed by atoms with E-state index in [1.54, 1.807) is 0 Å². The van der Waals surface area contributed by atoms with E-state index in [2.05, 4.69) is 72.8 Å². The van der Waals surface area contributed by atoms with Crippen LogP contribution in [0.1, 0.15) is 0 Å². The fraction of sp³-hybridized carbons (Fsp3) is 0. The normalized spacial score (nSPS) is 11.5. The van der Waals surface area contributed by atoms with E-state index in [1.807, 2.05) is 18.2 Å². The van der Waals surface area contributed by atoms with E-state index < -0.39 is 6.62 Å². The van der Waals surface area contributed by atoms with Crippen molar-refractivity contribution in [2.75, 3.05) is 0 Å². The number of hydrogen-bond donors (Lipinski definition) is 0. The van der Waals surface area contributed by atoms with Crippen molar-refractivity contribution >= 4 is 33.8 Å². The van der Waals surface area contributed by atoms with Gasteiger partial charge < -0.3 is 0 Å². The summed E-state index contributed by atoms with van der Waals surface area (Å²) in [5.41, 5.74) is 0. The van der Waals surface area contributed by atoms with Gasteiger partial charge in [0.25, 0.3) is 0 Å². The van der Waals surface area contributed by atoms with Crippen LogP contribution in [0.25, 0.3) is 0 Å². The fourth-order valence-corrected chi connectivity index (χ4v) is 6.59. The van der Waals surface area contributed by atoms with E-state index in [9.17, 15) is 0 Å². The Morgan fingerprint density at radius 1 is 0.476 bits per heavy atom. The molecule has 0 saturated heterocycles. The van der Waals surface area contributed by atoms with Crippen LogP contribution in [0.4, 0.5) is 0 Å². The molecule has 0 bridgehead atoms. The minimum Gasteiger partial charge on any atom is 0 e. The maximum atomic E-state index is 7.25. The van der Waals surface area contributed by atoms with E-state index in [-0.39, 0.29) is 21.1 Å². The fourth-order valence-electron chi connectivity index (χ4n) is 2.50. The molecule has 0 nitrogen and oxygen atoms in total. The molecule has 0 aliphatic rings. The van der Waals surface area contributed by atoms with Crippen molar-refractivity contribution in [1.82, 2.24) is 0 Å². The van der Waals surface area contributed by atoms with Gasteiger partial charge in [0.05, 0.1) is 0 Å². The van der Waals surface area contributed by atoms with Crippen LogP contribution in [-0.4, -0.2) is 0 Å². The zero-order chi connectivity index (χ0) is 13.8. The van der Waals surface area contributed by atoms with Crippen molar-refractivity contribution in [3.05, 3.63) is 91.0 Å². The van der Waals surface area contributed by atoms with Gasteiger partial charge in [-0.2, -0.15) is 0 Å². The third-order valence-corrected chi connectivity index (χ3v) is 8.87. The van der Waals surface area contributed by atoms with Crippen molar-refractivity contribution in [2.45, 2.75) is 0 Å². The molecule has 3 rings (SSSR count). The molecule has 0 unspecified atom stereocenters. The average Bonchev–Trinajstić information content (AvgIpc) is 2.56. The Hall–Kier alpha value is -0.932. The maximum absolute atomic E-state index is 7.25. The number of halogens is 1. The summed E-state index contributed by atoms with van der Waals surface area (Å²) < 4.78 is 0. The topological polar surface area (TPSA) is 0 Å². The maximum Gasteiger partial charge on any atom is 0 e. The quantitative estimate of drug-likeness (QED) is 0.486. The second kappa shape index (κ2) is 7.37. The molecule has 0 fully saturated rings. The van der Waals surface area contributed by atoms with Crippen LogP contribution in [0.5, 0.6) is 0 Å². The van der Waals surface area contributed by atoms with Crippen LogP contribution in [0.2, 0.25) is 0 Å². The molecule has 3 aromatic carbocycles. The molecule has 0 N–H and O–H groups in total. The van der Waals surface area contributed by atoms with Gasteiger partial charge in [0.2, 0.25) is 0 Å². The molecule has 0 aliphatic heterocycles. The molecule has 0 saturated carbocycles. The van der Waals surface area contributed by atoms with Crippen LogP contribution in [-0.2, 0) is 21.1 Å². The molecular weight excluding hydrogens is 478 g/mol. The van der Waals surface area contributed by atoms with Crippen LogP contribution >= 0.6 is 17.9 Å². The predicted octanol–water partition coefficient (Wildman–Crippen LogP) is 3.86. The Balaban J connectivity index is 0.00000161. The third kappa shape index (κ3) is 3.29. The van der Waals surface area contributed by atoms with Crippen molar-refractivity contribution in [3.63, 3.8) is 0 Å². The van der Waals surface area contributed by atoms with Gasteiger partial charge in [-0.05, 0) is 0 Å². The molecule has 0 heterocycles. The standard InChI is InChI=1S/C18H16ClP.Pt/c19-20(16-10-4-1-5-11-16,17-12-6-2-7-13-17)18-14-8-3-9-15-18;/h1-15,20H;. The van der Waals surface area contributed by atoms with Gasteiger partial charge in [-0.15, -0.1) is 0 Å². The van der Waals surface area contributed by atoms with E-state index in [0.29, 0.717) is 0 Å². The molecular formula is C18H16ClPPt. The van der Waals surface area contributed by atoms with Crippen LogP contribution in [0.3, 0.4) is 0 Å². The van der Waals surface area contributed by atoms with Gasteiger partial charge in [-0.3, -0.25) is 0 Å². The summed E-state index contributed by atoms with van der Waals surface area (Å²) in [7, 11) is 0. The minimum absolute atomic E-state index is 0. The van der Waals surface area contributed by atoms with Crippen molar-refractivity contribution in [1.29, 1.82) is 0 Å². The summed E-state index contributed by atoms with van der Waals surface area (Å²) in [4.78, 5) is 0. The Kier molecular flexibility index (Phi) is 5.77. The summed E-state index contributed by atoms with van der Waals surface area (Å²) in [6.07, 6.45) is 0. The number of benzene rings is 3. The Morgan fingerprint density at radius 3 is 0.952 bits per heavy atom. The van der Waals surface area contributed by atoms with E-state index in [1.165, 1.54) is 15.9 Å². The summed E-state index contributed by atoms with van der Waals surface area (Å²) in [5, 5.41) is 3.66. The molecule has 0 aromatic heterocycles. The second-order valence-corrected chi connectivity index (χ2v) is 9.51. The van der Waals surface area contributed by atoms with Crippen LogP contribution in [0, 0.1) is 0 Å². The first kappa shape index (κ1) is 16.4. The Labute approximate surface area is 145 Å². The van der Waals surface area contributed by atoms with Crippen LogP contribution < -0.4 is 15.9 Å². The van der Waals surface area contributed by atoms with Gasteiger partial charge >= 0.3 is 125 Å². The van der Waals surface area contributed by atoms with Gasteiger partial charge in [0.15, 0.2) is 0 Å². The molecule has 3 aromatic rings. The summed E-state index contributed by atoms with van der Waals surface area (Å²) >= 11 is 7.25. The largest absolute Gasteiger partial charge is 0 e. The molecule has 0 amide bonds. The Bertz CT molecular complexity index is 575. The van der Waals surface area contributed by atoms with Crippen molar-refractivity contribution in [3.8, 4) is 0 Å². The molecule has 0 radical (unpaired) electrons. The molecule has 0 aliphatic carbocycles. The third-order valence-electron chi connectivity index (χ3n) is 3.51. The monoisotopic (exact) mass is 493 g/mol. The smallest absolute Gasteiger partial charge is 0 e.